The van der Waals surface area contributed by atoms with E-state index in [4.69, 9.17) is 9.72 Å². The number of rotatable bonds is 1. The molecule has 0 atom stereocenters. The molecule has 0 spiro atoms. The number of aromatic nitrogens is 1. The predicted octanol–water partition coefficient (Wildman–Crippen LogP) is 2.13. The summed E-state index contributed by atoms with van der Waals surface area (Å²) in [6.45, 7) is 7.55. The van der Waals surface area contributed by atoms with Gasteiger partial charge in [-0.15, -0.1) is 0 Å². The molecule has 1 saturated heterocycles. The predicted molar refractivity (Wildman–Crippen MR) is 75.6 cm³/mol. The number of anilines is 1. The number of hydrogen-bond donors (Lipinski definition) is 1. The van der Waals surface area contributed by atoms with Crippen LogP contribution in [0.3, 0.4) is 0 Å². The molecule has 1 aliphatic heterocycles. The highest BCUT2D eigenvalue weighted by Gasteiger charge is 2.36. The molecule has 0 saturated carbocycles. The molecular weight excluding hydrogens is 262 g/mol. The molecule has 0 radical (unpaired) electrons. The number of thiazole rings is 1. The fourth-order valence-corrected chi connectivity index (χ4v) is 3.95. The van der Waals surface area contributed by atoms with E-state index < -0.39 is 0 Å². The maximum Gasteiger partial charge on any atom is 0.186 e. The van der Waals surface area contributed by atoms with Gasteiger partial charge in [-0.3, -0.25) is 0 Å². The van der Waals surface area contributed by atoms with E-state index in [2.05, 4.69) is 23.9 Å². The number of morpholine rings is 1. The van der Waals surface area contributed by atoms with Gasteiger partial charge in [-0.05, 0) is 12.8 Å². The summed E-state index contributed by atoms with van der Waals surface area (Å²) in [5.74, 6) is 0. The Labute approximate surface area is 116 Å². The number of aryl methyl sites for hydroxylation is 1. The molecule has 1 aromatic heterocycles. The van der Waals surface area contributed by atoms with E-state index in [0.29, 0.717) is 0 Å². The lowest BCUT2D eigenvalue weighted by molar-refractivity contribution is 0.122. The van der Waals surface area contributed by atoms with Gasteiger partial charge in [-0.1, -0.05) is 30.3 Å². The van der Waals surface area contributed by atoms with Crippen molar-refractivity contribution >= 4 is 22.2 Å². The second kappa shape index (κ2) is 4.76. The van der Waals surface area contributed by atoms with Gasteiger partial charge in [-0.25, -0.2) is 4.98 Å². The lowest BCUT2D eigenvalue weighted by Gasteiger charge is -2.28. The van der Waals surface area contributed by atoms with Crippen molar-refractivity contribution in [2.75, 3.05) is 31.2 Å². The molecule has 19 heavy (non-hydrogen) atoms. The Balaban J connectivity index is 1.94. The molecule has 2 aliphatic rings. The van der Waals surface area contributed by atoms with E-state index in [9.17, 15) is 5.21 Å². The van der Waals surface area contributed by atoms with Crippen LogP contribution in [0.15, 0.2) is 5.16 Å². The Kier molecular flexibility index (Phi) is 3.22. The number of oxime groups is 1. The largest absolute Gasteiger partial charge is 0.411 e. The Morgan fingerprint density at radius 2 is 2.11 bits per heavy atom. The van der Waals surface area contributed by atoms with Gasteiger partial charge >= 0.3 is 0 Å². The Morgan fingerprint density at radius 1 is 1.37 bits per heavy atom. The maximum atomic E-state index is 9.33. The van der Waals surface area contributed by atoms with Crippen molar-refractivity contribution in [3.63, 3.8) is 0 Å². The summed E-state index contributed by atoms with van der Waals surface area (Å²) in [6.07, 6.45) is 1.94. The minimum Gasteiger partial charge on any atom is -0.411 e. The highest BCUT2D eigenvalue weighted by molar-refractivity contribution is 7.17. The van der Waals surface area contributed by atoms with Crippen LogP contribution >= 0.6 is 11.3 Å². The molecule has 1 N–H and O–H groups in total. The second-order valence-corrected chi connectivity index (χ2v) is 6.68. The highest BCUT2D eigenvalue weighted by Crippen LogP contribution is 2.40. The van der Waals surface area contributed by atoms with Gasteiger partial charge in [-0.2, -0.15) is 0 Å². The van der Waals surface area contributed by atoms with Crippen molar-refractivity contribution in [2.45, 2.75) is 26.7 Å². The molecule has 1 fully saturated rings. The van der Waals surface area contributed by atoms with Crippen LogP contribution in [0.25, 0.3) is 0 Å². The number of nitrogens with zero attached hydrogens (tertiary/aromatic N) is 3. The van der Waals surface area contributed by atoms with E-state index in [0.717, 1.165) is 60.6 Å². The van der Waals surface area contributed by atoms with E-state index in [1.54, 1.807) is 11.3 Å². The third-order valence-corrected chi connectivity index (χ3v) is 5.08. The highest BCUT2D eigenvalue weighted by atomic mass is 32.1. The lowest BCUT2D eigenvalue weighted by atomic mass is 9.77. The average Bonchev–Trinajstić information content (AvgIpc) is 2.83. The standard InChI is InChI=1S/C13H19N3O2S/c1-13(2)4-3-9-10(11(13)15-17)19-12(14-9)16-5-7-18-8-6-16/h17H,3-8H2,1-2H3/b15-11-. The van der Waals surface area contributed by atoms with Crippen LogP contribution in [0.1, 0.15) is 30.8 Å². The van der Waals surface area contributed by atoms with E-state index in [1.807, 2.05) is 0 Å². The van der Waals surface area contributed by atoms with E-state index in [-0.39, 0.29) is 5.41 Å². The van der Waals surface area contributed by atoms with Crippen molar-refractivity contribution in [3.8, 4) is 0 Å². The molecule has 1 aliphatic carbocycles. The van der Waals surface area contributed by atoms with Crippen molar-refractivity contribution in [1.29, 1.82) is 0 Å². The monoisotopic (exact) mass is 281 g/mol. The Hall–Kier alpha value is -1.14. The lowest BCUT2D eigenvalue weighted by Crippen LogP contribution is -2.36. The van der Waals surface area contributed by atoms with Gasteiger partial charge in [0.2, 0.25) is 0 Å². The molecule has 0 aromatic carbocycles. The SMILES string of the molecule is CC1(C)CCc2nc(N3CCOCC3)sc2/C1=N/O. The molecule has 0 amide bonds. The number of hydrogen-bond acceptors (Lipinski definition) is 6. The summed E-state index contributed by atoms with van der Waals surface area (Å²) < 4.78 is 5.37. The maximum absolute atomic E-state index is 9.33. The van der Waals surface area contributed by atoms with Crippen LogP contribution in [-0.4, -0.2) is 42.2 Å². The quantitative estimate of drug-likeness (QED) is 0.633. The minimum atomic E-state index is -0.0729. The number of ether oxygens (including phenoxy) is 1. The first-order valence-electron chi connectivity index (χ1n) is 6.67. The summed E-state index contributed by atoms with van der Waals surface area (Å²) in [7, 11) is 0. The van der Waals surface area contributed by atoms with Crippen LogP contribution in [0.5, 0.6) is 0 Å². The van der Waals surface area contributed by atoms with Crippen LogP contribution in [-0.2, 0) is 11.2 Å². The van der Waals surface area contributed by atoms with Crippen LogP contribution < -0.4 is 4.90 Å². The summed E-state index contributed by atoms with van der Waals surface area (Å²) in [5, 5.41) is 13.9. The van der Waals surface area contributed by atoms with Gasteiger partial charge < -0.3 is 14.8 Å². The molecule has 2 heterocycles. The second-order valence-electron chi connectivity index (χ2n) is 5.70. The number of fused-ring (bicyclic) bond motifs is 1. The zero-order valence-corrected chi connectivity index (χ0v) is 12.2. The first kappa shape index (κ1) is 12.9. The topological polar surface area (TPSA) is 58.0 Å². The summed E-state index contributed by atoms with van der Waals surface area (Å²) >= 11 is 1.65. The molecular formula is C13H19N3O2S. The molecule has 3 rings (SSSR count). The third-order valence-electron chi connectivity index (χ3n) is 3.91. The minimum absolute atomic E-state index is 0.0729. The van der Waals surface area contributed by atoms with E-state index >= 15 is 0 Å². The smallest absolute Gasteiger partial charge is 0.186 e. The van der Waals surface area contributed by atoms with Crippen LogP contribution in [0.2, 0.25) is 0 Å². The van der Waals surface area contributed by atoms with Gasteiger partial charge in [0.25, 0.3) is 0 Å². The summed E-state index contributed by atoms with van der Waals surface area (Å²) in [5.41, 5.74) is 1.79. The van der Waals surface area contributed by atoms with Gasteiger partial charge in [0, 0.05) is 18.5 Å². The fourth-order valence-electron chi connectivity index (χ4n) is 2.62. The van der Waals surface area contributed by atoms with E-state index in [1.165, 1.54) is 0 Å². The molecule has 0 unspecified atom stereocenters. The zero-order chi connectivity index (χ0) is 13.5. The molecule has 0 bridgehead atoms. The normalized spacial score (nSPS) is 24.5. The molecule has 104 valence electrons. The zero-order valence-electron chi connectivity index (χ0n) is 11.3. The van der Waals surface area contributed by atoms with Crippen molar-refractivity contribution in [3.05, 3.63) is 10.6 Å². The first-order valence-corrected chi connectivity index (χ1v) is 7.49. The van der Waals surface area contributed by atoms with Crippen molar-refractivity contribution in [1.82, 2.24) is 4.98 Å². The van der Waals surface area contributed by atoms with Gasteiger partial charge in [0.1, 0.15) is 5.71 Å². The fraction of sp³-hybridized carbons (Fsp3) is 0.692. The third kappa shape index (κ3) is 2.23. The Morgan fingerprint density at radius 3 is 2.79 bits per heavy atom. The van der Waals surface area contributed by atoms with Crippen LogP contribution in [0.4, 0.5) is 5.13 Å². The molecule has 1 aromatic rings. The van der Waals surface area contributed by atoms with Gasteiger partial charge in [0.05, 0.1) is 23.8 Å². The average molecular weight is 281 g/mol. The Bertz CT molecular complexity index is 504. The summed E-state index contributed by atoms with van der Waals surface area (Å²) in [4.78, 5) is 8.05. The molecule has 5 nitrogen and oxygen atoms in total. The van der Waals surface area contributed by atoms with Crippen molar-refractivity contribution in [2.24, 2.45) is 10.6 Å². The van der Waals surface area contributed by atoms with Gasteiger partial charge in [0.15, 0.2) is 5.13 Å². The first-order chi connectivity index (χ1) is 9.12. The van der Waals surface area contributed by atoms with Crippen molar-refractivity contribution < 1.29 is 9.94 Å². The molecule has 6 heteroatoms. The van der Waals surface area contributed by atoms with Crippen LogP contribution in [0, 0.1) is 5.41 Å². The summed E-state index contributed by atoms with van der Waals surface area (Å²) in [6, 6.07) is 0.